The van der Waals surface area contributed by atoms with E-state index in [9.17, 15) is 0 Å². The number of hydrogen-bond acceptors (Lipinski definition) is 2. The van der Waals surface area contributed by atoms with E-state index >= 15 is 0 Å². The van der Waals surface area contributed by atoms with Crippen molar-refractivity contribution in [3.63, 3.8) is 0 Å². The topological polar surface area (TPSA) is 9.23 Å². The lowest BCUT2D eigenvalue weighted by molar-refractivity contribution is 0.0874. The number of thiophene rings is 1. The molecule has 0 aromatic carbocycles. The Hall–Kier alpha value is 0.430. The Balaban J connectivity index is 2.13. The molecule has 0 N–H and O–H groups in total. The van der Waals surface area contributed by atoms with Crippen molar-refractivity contribution in [3.05, 3.63) is 21.3 Å². The van der Waals surface area contributed by atoms with Crippen molar-refractivity contribution in [1.82, 2.24) is 0 Å². The van der Waals surface area contributed by atoms with Crippen LogP contribution in [0.3, 0.4) is 0 Å². The van der Waals surface area contributed by atoms with E-state index in [0.29, 0.717) is 16.8 Å². The largest absolute Gasteiger partial charge is 0.378 e. The van der Waals surface area contributed by atoms with Crippen molar-refractivity contribution in [1.29, 1.82) is 0 Å². The normalized spacial score (nSPS) is 28.2. The summed E-state index contributed by atoms with van der Waals surface area (Å²) in [6.45, 7) is 3.06. The van der Waals surface area contributed by atoms with Gasteiger partial charge < -0.3 is 4.74 Å². The first kappa shape index (κ1) is 11.9. The number of halogens is 2. The van der Waals surface area contributed by atoms with Gasteiger partial charge in [0.25, 0.3) is 0 Å². The van der Waals surface area contributed by atoms with E-state index < -0.39 is 0 Å². The lowest BCUT2D eigenvalue weighted by atomic mass is 9.95. The summed E-state index contributed by atoms with van der Waals surface area (Å²) >= 11 is 11.6. The van der Waals surface area contributed by atoms with Crippen LogP contribution in [0.15, 0.2) is 11.4 Å². The zero-order valence-corrected chi connectivity index (χ0v) is 11.7. The molecule has 1 aliphatic heterocycles. The molecule has 2 rings (SSSR count). The first-order valence-corrected chi connectivity index (χ1v) is 7.40. The third-order valence-electron chi connectivity index (χ3n) is 2.93. The number of rotatable bonds is 3. The Morgan fingerprint density at radius 3 is 3.13 bits per heavy atom. The molecule has 4 heteroatoms. The van der Waals surface area contributed by atoms with Gasteiger partial charge in [-0.2, -0.15) is 0 Å². The first-order chi connectivity index (χ1) is 7.24. The number of alkyl halides is 1. The van der Waals surface area contributed by atoms with E-state index in [0.717, 1.165) is 24.5 Å². The van der Waals surface area contributed by atoms with Gasteiger partial charge in [-0.05, 0) is 24.3 Å². The molecule has 3 atom stereocenters. The molecule has 0 spiro atoms. The second kappa shape index (κ2) is 5.17. The molecule has 1 aromatic heterocycles. The summed E-state index contributed by atoms with van der Waals surface area (Å²) in [4.78, 5) is 1.59. The SMILES string of the molecule is CCC1OCCC1C(Br)c1sccc1Cl. The predicted molar refractivity (Wildman–Crippen MR) is 69.1 cm³/mol. The van der Waals surface area contributed by atoms with E-state index in [1.807, 2.05) is 11.4 Å². The highest BCUT2D eigenvalue weighted by molar-refractivity contribution is 9.09. The second-order valence-corrected chi connectivity index (χ2v) is 6.15. The maximum Gasteiger partial charge on any atom is 0.0615 e. The summed E-state index contributed by atoms with van der Waals surface area (Å²) in [5.41, 5.74) is 0. The van der Waals surface area contributed by atoms with Crippen LogP contribution >= 0.6 is 38.9 Å². The summed E-state index contributed by atoms with van der Waals surface area (Å²) in [7, 11) is 0. The van der Waals surface area contributed by atoms with Crippen LogP contribution in [0.5, 0.6) is 0 Å². The molecule has 3 unspecified atom stereocenters. The van der Waals surface area contributed by atoms with Gasteiger partial charge in [0.2, 0.25) is 0 Å². The lowest BCUT2D eigenvalue weighted by Crippen LogP contribution is -2.18. The first-order valence-electron chi connectivity index (χ1n) is 5.22. The highest BCUT2D eigenvalue weighted by atomic mass is 79.9. The molecule has 0 bridgehead atoms. The zero-order valence-electron chi connectivity index (χ0n) is 8.58. The summed E-state index contributed by atoms with van der Waals surface area (Å²) in [5.74, 6) is 0.561. The maximum absolute atomic E-state index is 6.14. The molecule has 0 amide bonds. The van der Waals surface area contributed by atoms with Gasteiger partial charge in [0.05, 0.1) is 16.0 Å². The molecule has 1 fully saturated rings. The van der Waals surface area contributed by atoms with Crippen molar-refractivity contribution in [2.45, 2.75) is 30.7 Å². The van der Waals surface area contributed by atoms with E-state index in [4.69, 9.17) is 16.3 Å². The minimum absolute atomic E-state index is 0.345. The van der Waals surface area contributed by atoms with Gasteiger partial charge in [0, 0.05) is 17.4 Å². The van der Waals surface area contributed by atoms with Crippen LogP contribution in [0.4, 0.5) is 0 Å². The third kappa shape index (κ3) is 2.41. The van der Waals surface area contributed by atoms with Gasteiger partial charge in [-0.25, -0.2) is 0 Å². The minimum atomic E-state index is 0.345. The van der Waals surface area contributed by atoms with Crippen molar-refractivity contribution in [2.24, 2.45) is 5.92 Å². The Bertz CT molecular complexity index is 328. The van der Waals surface area contributed by atoms with Crippen molar-refractivity contribution in [2.75, 3.05) is 6.61 Å². The molecule has 1 aromatic rings. The fraction of sp³-hybridized carbons (Fsp3) is 0.636. The van der Waals surface area contributed by atoms with Crippen LogP contribution in [0.1, 0.15) is 29.5 Å². The molecule has 1 saturated heterocycles. The van der Waals surface area contributed by atoms with Gasteiger partial charge >= 0.3 is 0 Å². The molecule has 1 nitrogen and oxygen atoms in total. The van der Waals surface area contributed by atoms with E-state index in [-0.39, 0.29) is 0 Å². The fourth-order valence-corrected chi connectivity index (χ4v) is 4.65. The number of ether oxygens (including phenoxy) is 1. The second-order valence-electron chi connectivity index (χ2n) is 3.80. The van der Waals surface area contributed by atoms with E-state index in [2.05, 4.69) is 22.9 Å². The average molecular weight is 310 g/mol. The zero-order chi connectivity index (χ0) is 10.8. The molecular weight excluding hydrogens is 296 g/mol. The van der Waals surface area contributed by atoms with Crippen LogP contribution in [0.2, 0.25) is 5.02 Å². The monoisotopic (exact) mass is 308 g/mol. The van der Waals surface area contributed by atoms with Crippen LogP contribution in [0.25, 0.3) is 0 Å². The van der Waals surface area contributed by atoms with Crippen LogP contribution < -0.4 is 0 Å². The standard InChI is InChI=1S/C11H14BrClOS/c1-2-9-7(3-5-14-9)10(12)11-8(13)4-6-15-11/h4,6-7,9-10H,2-3,5H2,1H3. The Labute approximate surface area is 108 Å². The average Bonchev–Trinajstić information content (AvgIpc) is 2.84. The van der Waals surface area contributed by atoms with Gasteiger partial charge in [0.1, 0.15) is 0 Å². The Morgan fingerprint density at radius 1 is 1.73 bits per heavy atom. The molecule has 2 heterocycles. The van der Waals surface area contributed by atoms with Crippen LogP contribution in [0, 0.1) is 5.92 Å². The summed E-state index contributed by atoms with van der Waals surface area (Å²) < 4.78 is 5.71. The quantitative estimate of drug-likeness (QED) is 0.738. The van der Waals surface area contributed by atoms with Gasteiger partial charge in [-0.15, -0.1) is 11.3 Å². The van der Waals surface area contributed by atoms with E-state index in [1.54, 1.807) is 11.3 Å². The summed E-state index contributed by atoms with van der Waals surface area (Å²) in [6, 6.07) is 1.96. The van der Waals surface area contributed by atoms with Crippen molar-refractivity contribution < 1.29 is 4.74 Å². The van der Waals surface area contributed by atoms with Crippen molar-refractivity contribution >= 4 is 38.9 Å². The molecule has 0 aliphatic carbocycles. The lowest BCUT2D eigenvalue weighted by Gasteiger charge is -2.21. The molecule has 0 saturated carbocycles. The molecular formula is C11H14BrClOS. The highest BCUT2D eigenvalue weighted by Crippen LogP contribution is 2.44. The third-order valence-corrected chi connectivity index (χ3v) is 5.82. The fourth-order valence-electron chi connectivity index (χ4n) is 2.12. The summed E-state index contributed by atoms with van der Waals surface area (Å²) in [6.07, 6.45) is 2.59. The van der Waals surface area contributed by atoms with Gasteiger partial charge in [-0.3, -0.25) is 0 Å². The van der Waals surface area contributed by atoms with Gasteiger partial charge in [0.15, 0.2) is 0 Å². The highest BCUT2D eigenvalue weighted by Gasteiger charge is 2.34. The smallest absolute Gasteiger partial charge is 0.0615 e. The number of hydrogen-bond donors (Lipinski definition) is 0. The molecule has 15 heavy (non-hydrogen) atoms. The van der Waals surface area contributed by atoms with Gasteiger partial charge in [-0.1, -0.05) is 34.5 Å². The van der Waals surface area contributed by atoms with Crippen molar-refractivity contribution in [3.8, 4) is 0 Å². The molecule has 0 radical (unpaired) electrons. The molecule has 84 valence electrons. The van der Waals surface area contributed by atoms with Crippen LogP contribution in [-0.2, 0) is 4.74 Å². The van der Waals surface area contributed by atoms with Crippen LogP contribution in [-0.4, -0.2) is 12.7 Å². The minimum Gasteiger partial charge on any atom is -0.378 e. The predicted octanol–water partition coefficient (Wildman–Crippen LogP) is 4.65. The maximum atomic E-state index is 6.14. The Kier molecular flexibility index (Phi) is 4.10. The Morgan fingerprint density at radius 2 is 2.53 bits per heavy atom. The summed E-state index contributed by atoms with van der Waals surface area (Å²) in [5, 5.41) is 2.92. The molecule has 1 aliphatic rings. The van der Waals surface area contributed by atoms with E-state index in [1.165, 1.54) is 4.88 Å².